The van der Waals surface area contributed by atoms with Crippen LogP contribution in [-0.2, 0) is 11.3 Å². The molecule has 0 radical (unpaired) electrons. The van der Waals surface area contributed by atoms with Crippen molar-refractivity contribution in [3.05, 3.63) is 53.5 Å². The summed E-state index contributed by atoms with van der Waals surface area (Å²) in [6.07, 6.45) is 0. The van der Waals surface area contributed by atoms with Gasteiger partial charge in [0.15, 0.2) is 0 Å². The second-order valence-corrected chi connectivity index (χ2v) is 4.40. The van der Waals surface area contributed by atoms with Gasteiger partial charge in [-0.1, -0.05) is 18.2 Å². The molecule has 0 saturated carbocycles. The minimum atomic E-state index is -0.299. The second-order valence-electron chi connectivity index (χ2n) is 4.40. The highest BCUT2D eigenvalue weighted by Gasteiger charge is 2.29. The van der Waals surface area contributed by atoms with Crippen LogP contribution in [0, 0.1) is 6.92 Å². The Morgan fingerprint density at radius 3 is 2.89 bits per heavy atom. The van der Waals surface area contributed by atoms with Crippen molar-refractivity contribution in [3.8, 4) is 0 Å². The molecular weight excluding hydrogens is 228 g/mol. The third-order valence-electron chi connectivity index (χ3n) is 3.07. The van der Waals surface area contributed by atoms with Crippen molar-refractivity contribution >= 4 is 11.6 Å². The van der Waals surface area contributed by atoms with E-state index >= 15 is 0 Å². The van der Waals surface area contributed by atoms with Gasteiger partial charge in [0, 0.05) is 11.3 Å². The predicted octanol–water partition coefficient (Wildman–Crippen LogP) is 2.37. The molecule has 1 atom stereocenters. The Labute approximate surface area is 105 Å². The summed E-state index contributed by atoms with van der Waals surface area (Å²) in [5.41, 5.74) is 1.88. The molecule has 92 valence electrons. The van der Waals surface area contributed by atoms with E-state index < -0.39 is 0 Å². The normalized spacial score (nSPS) is 17.6. The Morgan fingerprint density at radius 1 is 1.28 bits per heavy atom. The fourth-order valence-electron chi connectivity index (χ4n) is 2.19. The first kappa shape index (κ1) is 11.0. The van der Waals surface area contributed by atoms with E-state index in [9.17, 15) is 4.79 Å². The van der Waals surface area contributed by atoms with Crippen LogP contribution < -0.4 is 10.6 Å². The standard InChI is InChI=1S/C14H14N2O2/c1-9-6-7-10(18-9)8-15-13-11-4-2-3-5-12(11)16-14(13)17/h2-7,13,15H,8H2,1H3,(H,16,17). The largest absolute Gasteiger partial charge is 0.465 e. The van der Waals surface area contributed by atoms with Crippen molar-refractivity contribution in [2.24, 2.45) is 0 Å². The number of carbonyl (C=O) groups is 1. The van der Waals surface area contributed by atoms with Crippen LogP contribution >= 0.6 is 0 Å². The van der Waals surface area contributed by atoms with Crippen molar-refractivity contribution < 1.29 is 9.21 Å². The number of amides is 1. The lowest BCUT2D eigenvalue weighted by atomic mass is 10.1. The van der Waals surface area contributed by atoms with Crippen LogP contribution in [0.3, 0.4) is 0 Å². The SMILES string of the molecule is Cc1ccc(CNC2C(=O)Nc3ccccc32)o1. The van der Waals surface area contributed by atoms with Gasteiger partial charge < -0.3 is 9.73 Å². The van der Waals surface area contributed by atoms with Crippen LogP contribution in [0.5, 0.6) is 0 Å². The maximum absolute atomic E-state index is 11.9. The smallest absolute Gasteiger partial charge is 0.246 e. The Kier molecular flexibility index (Phi) is 2.64. The van der Waals surface area contributed by atoms with Crippen LogP contribution in [-0.4, -0.2) is 5.91 Å². The van der Waals surface area contributed by atoms with Gasteiger partial charge in [0.1, 0.15) is 17.6 Å². The number of carbonyl (C=O) groups excluding carboxylic acids is 1. The molecule has 1 aliphatic rings. The van der Waals surface area contributed by atoms with Crippen LogP contribution in [0.25, 0.3) is 0 Å². The number of rotatable bonds is 3. The summed E-state index contributed by atoms with van der Waals surface area (Å²) in [7, 11) is 0. The van der Waals surface area contributed by atoms with Crippen LogP contribution in [0.2, 0.25) is 0 Å². The third kappa shape index (κ3) is 1.91. The van der Waals surface area contributed by atoms with E-state index in [1.165, 1.54) is 0 Å². The Bertz CT molecular complexity index is 589. The lowest BCUT2D eigenvalue weighted by molar-refractivity contribution is -0.117. The van der Waals surface area contributed by atoms with Gasteiger partial charge in [-0.05, 0) is 25.1 Å². The predicted molar refractivity (Wildman–Crippen MR) is 68.1 cm³/mol. The second kappa shape index (κ2) is 4.31. The molecule has 1 unspecified atom stereocenters. The fourth-order valence-corrected chi connectivity index (χ4v) is 2.19. The molecule has 2 heterocycles. The Balaban J connectivity index is 1.75. The number of anilines is 1. The van der Waals surface area contributed by atoms with E-state index in [1.807, 2.05) is 43.3 Å². The highest BCUT2D eigenvalue weighted by Crippen LogP contribution is 2.30. The molecule has 1 aliphatic heterocycles. The Morgan fingerprint density at radius 2 is 2.11 bits per heavy atom. The number of hydrogen-bond acceptors (Lipinski definition) is 3. The highest BCUT2D eigenvalue weighted by molar-refractivity contribution is 6.02. The molecule has 4 heteroatoms. The first-order valence-electron chi connectivity index (χ1n) is 5.92. The fraction of sp³-hybridized carbons (Fsp3) is 0.214. The molecule has 0 bridgehead atoms. The molecule has 2 aromatic rings. The number of furan rings is 1. The van der Waals surface area contributed by atoms with Gasteiger partial charge in [0.25, 0.3) is 0 Å². The topological polar surface area (TPSA) is 54.3 Å². The van der Waals surface area contributed by atoms with Gasteiger partial charge in [0.05, 0.1) is 6.54 Å². The Hall–Kier alpha value is -2.07. The van der Waals surface area contributed by atoms with Crippen molar-refractivity contribution in [1.82, 2.24) is 5.32 Å². The van der Waals surface area contributed by atoms with Crippen molar-refractivity contribution in [3.63, 3.8) is 0 Å². The van der Waals surface area contributed by atoms with E-state index in [4.69, 9.17) is 4.42 Å². The zero-order valence-electron chi connectivity index (χ0n) is 10.1. The number of fused-ring (bicyclic) bond motifs is 1. The zero-order valence-corrected chi connectivity index (χ0v) is 10.1. The first-order chi connectivity index (χ1) is 8.74. The summed E-state index contributed by atoms with van der Waals surface area (Å²) in [5.74, 6) is 1.70. The van der Waals surface area contributed by atoms with Gasteiger partial charge in [-0.15, -0.1) is 0 Å². The van der Waals surface area contributed by atoms with E-state index in [1.54, 1.807) is 0 Å². The number of nitrogens with one attached hydrogen (secondary N) is 2. The molecule has 0 aliphatic carbocycles. The van der Waals surface area contributed by atoms with E-state index in [0.717, 1.165) is 22.8 Å². The minimum absolute atomic E-state index is 0.0144. The van der Waals surface area contributed by atoms with Crippen LogP contribution in [0.4, 0.5) is 5.69 Å². The number of para-hydroxylation sites is 1. The van der Waals surface area contributed by atoms with Gasteiger partial charge in [-0.25, -0.2) is 0 Å². The molecule has 0 spiro atoms. The van der Waals surface area contributed by atoms with E-state index in [2.05, 4.69) is 10.6 Å². The average molecular weight is 242 g/mol. The molecule has 4 nitrogen and oxygen atoms in total. The summed E-state index contributed by atoms with van der Waals surface area (Å²) in [6.45, 7) is 2.45. The molecular formula is C14H14N2O2. The number of aryl methyl sites for hydroxylation is 1. The maximum atomic E-state index is 11.9. The van der Waals surface area contributed by atoms with Gasteiger partial charge >= 0.3 is 0 Å². The molecule has 18 heavy (non-hydrogen) atoms. The summed E-state index contributed by atoms with van der Waals surface area (Å²) in [5, 5.41) is 6.07. The monoisotopic (exact) mass is 242 g/mol. The number of hydrogen-bond donors (Lipinski definition) is 2. The summed E-state index contributed by atoms with van der Waals surface area (Å²) >= 11 is 0. The molecule has 2 N–H and O–H groups in total. The van der Waals surface area contributed by atoms with E-state index in [0.29, 0.717) is 6.54 Å². The van der Waals surface area contributed by atoms with Crippen molar-refractivity contribution in [2.45, 2.75) is 19.5 Å². The molecule has 0 saturated heterocycles. The maximum Gasteiger partial charge on any atom is 0.246 e. The first-order valence-corrected chi connectivity index (χ1v) is 5.92. The van der Waals surface area contributed by atoms with Crippen molar-refractivity contribution in [1.29, 1.82) is 0 Å². The van der Waals surface area contributed by atoms with E-state index in [-0.39, 0.29) is 11.9 Å². The van der Waals surface area contributed by atoms with Crippen LogP contribution in [0.1, 0.15) is 23.1 Å². The lowest BCUT2D eigenvalue weighted by Crippen LogP contribution is -2.26. The summed E-state index contributed by atoms with van der Waals surface area (Å²) in [4.78, 5) is 11.9. The quantitative estimate of drug-likeness (QED) is 0.868. The van der Waals surface area contributed by atoms with Crippen molar-refractivity contribution in [2.75, 3.05) is 5.32 Å². The molecule has 1 aromatic heterocycles. The average Bonchev–Trinajstić information content (AvgIpc) is 2.90. The summed E-state index contributed by atoms with van der Waals surface area (Å²) < 4.78 is 5.47. The van der Waals surface area contributed by atoms with Gasteiger partial charge in [-0.3, -0.25) is 10.1 Å². The molecule has 1 amide bonds. The number of benzene rings is 1. The lowest BCUT2D eigenvalue weighted by Gasteiger charge is -2.09. The molecule has 1 aromatic carbocycles. The third-order valence-corrected chi connectivity index (χ3v) is 3.07. The highest BCUT2D eigenvalue weighted by atomic mass is 16.3. The molecule has 3 rings (SSSR count). The van der Waals surface area contributed by atoms with Gasteiger partial charge in [-0.2, -0.15) is 0 Å². The zero-order chi connectivity index (χ0) is 12.5. The van der Waals surface area contributed by atoms with Crippen LogP contribution in [0.15, 0.2) is 40.8 Å². The van der Waals surface area contributed by atoms with Gasteiger partial charge in [0.2, 0.25) is 5.91 Å². The minimum Gasteiger partial charge on any atom is -0.465 e. The molecule has 0 fully saturated rings. The summed E-state index contributed by atoms with van der Waals surface area (Å²) in [6, 6.07) is 11.2.